The van der Waals surface area contributed by atoms with Crippen LogP contribution < -0.4 is 10.2 Å². The van der Waals surface area contributed by atoms with Crippen LogP contribution in [0.15, 0.2) is 18.2 Å². The summed E-state index contributed by atoms with van der Waals surface area (Å²) < 4.78 is 0. The van der Waals surface area contributed by atoms with Gasteiger partial charge in [-0.05, 0) is 42.4 Å². The predicted molar refractivity (Wildman–Crippen MR) is 88.3 cm³/mol. The van der Waals surface area contributed by atoms with E-state index in [2.05, 4.69) is 63.0 Å². The topological polar surface area (TPSA) is 15.3 Å². The molecule has 1 fully saturated rings. The van der Waals surface area contributed by atoms with Gasteiger partial charge >= 0.3 is 0 Å². The Hall–Kier alpha value is -1.02. The van der Waals surface area contributed by atoms with E-state index in [1.54, 1.807) is 0 Å². The van der Waals surface area contributed by atoms with Gasteiger partial charge in [-0.1, -0.05) is 39.8 Å². The zero-order valence-electron chi connectivity index (χ0n) is 13.7. The average molecular weight is 274 g/mol. The first-order chi connectivity index (χ1) is 9.47. The molecule has 2 rings (SSSR count). The minimum atomic E-state index is 0.541. The van der Waals surface area contributed by atoms with Gasteiger partial charge in [0, 0.05) is 31.4 Å². The van der Waals surface area contributed by atoms with Crippen LogP contribution >= 0.6 is 0 Å². The highest BCUT2D eigenvalue weighted by Gasteiger charge is 2.23. The number of anilines is 1. The number of nitrogens with zero attached hydrogens (tertiary/aromatic N) is 1. The Bertz CT molecular complexity index is 439. The molecule has 2 nitrogen and oxygen atoms in total. The maximum atomic E-state index is 3.49. The van der Waals surface area contributed by atoms with Crippen LogP contribution in [0.25, 0.3) is 0 Å². The number of hydrogen-bond acceptors (Lipinski definition) is 2. The van der Waals surface area contributed by atoms with E-state index in [-0.39, 0.29) is 0 Å². The van der Waals surface area contributed by atoms with Crippen molar-refractivity contribution in [3.05, 3.63) is 29.3 Å². The van der Waals surface area contributed by atoms with Crippen LogP contribution in [0.2, 0.25) is 0 Å². The summed E-state index contributed by atoms with van der Waals surface area (Å²) in [4.78, 5) is 2.57. The fourth-order valence-corrected chi connectivity index (χ4v) is 2.99. The van der Waals surface area contributed by atoms with Crippen molar-refractivity contribution < 1.29 is 0 Å². The lowest BCUT2D eigenvalue weighted by Crippen LogP contribution is -2.38. The van der Waals surface area contributed by atoms with E-state index in [1.807, 2.05) is 0 Å². The maximum absolute atomic E-state index is 3.49. The number of aryl methyl sites for hydroxylation is 1. The molecule has 1 aliphatic heterocycles. The van der Waals surface area contributed by atoms with Crippen LogP contribution in [0.1, 0.15) is 45.2 Å². The third kappa shape index (κ3) is 3.76. The van der Waals surface area contributed by atoms with E-state index in [9.17, 15) is 0 Å². The predicted octanol–water partition coefficient (Wildman–Crippen LogP) is 3.98. The lowest BCUT2D eigenvalue weighted by atomic mass is 9.88. The Morgan fingerprint density at radius 3 is 2.60 bits per heavy atom. The fraction of sp³-hybridized carbons (Fsp3) is 0.667. The summed E-state index contributed by atoms with van der Waals surface area (Å²) in [5.41, 5.74) is 4.23. The summed E-state index contributed by atoms with van der Waals surface area (Å²) in [5, 5.41) is 3.49. The molecule has 0 amide bonds. The van der Waals surface area contributed by atoms with E-state index in [1.165, 1.54) is 36.3 Å². The largest absolute Gasteiger partial charge is 0.371 e. The van der Waals surface area contributed by atoms with Crippen LogP contribution in [0.3, 0.4) is 0 Å². The van der Waals surface area contributed by atoms with Crippen molar-refractivity contribution >= 4 is 5.69 Å². The van der Waals surface area contributed by atoms with Crippen LogP contribution in [0, 0.1) is 18.8 Å². The summed E-state index contributed by atoms with van der Waals surface area (Å²) in [6.45, 7) is 14.8. The van der Waals surface area contributed by atoms with Crippen molar-refractivity contribution in [3.63, 3.8) is 0 Å². The van der Waals surface area contributed by atoms with Gasteiger partial charge in [0.1, 0.15) is 0 Å². The van der Waals surface area contributed by atoms with Crippen LogP contribution in [0.4, 0.5) is 5.69 Å². The number of benzene rings is 1. The van der Waals surface area contributed by atoms with Crippen LogP contribution in [0.5, 0.6) is 0 Å². The van der Waals surface area contributed by atoms with Crippen molar-refractivity contribution in [1.82, 2.24) is 5.32 Å². The summed E-state index contributed by atoms with van der Waals surface area (Å²) in [7, 11) is 0. The molecular weight excluding hydrogens is 244 g/mol. The minimum absolute atomic E-state index is 0.541. The molecule has 0 radical (unpaired) electrons. The lowest BCUT2D eigenvalue weighted by Gasteiger charge is -2.37. The summed E-state index contributed by atoms with van der Waals surface area (Å²) >= 11 is 0. The normalized spacial score (nSPS) is 23.4. The number of nitrogens with one attached hydrogen (secondary N) is 1. The van der Waals surface area contributed by atoms with Crippen molar-refractivity contribution in [2.75, 3.05) is 18.0 Å². The van der Waals surface area contributed by atoms with Crippen molar-refractivity contribution in [1.29, 1.82) is 0 Å². The van der Waals surface area contributed by atoms with E-state index in [0.717, 1.165) is 18.4 Å². The molecule has 2 atom stereocenters. The average Bonchev–Trinajstić information content (AvgIpc) is 2.40. The first-order valence-corrected chi connectivity index (χ1v) is 8.05. The second-order valence-electron chi connectivity index (χ2n) is 6.85. The van der Waals surface area contributed by atoms with Crippen LogP contribution in [-0.4, -0.2) is 19.1 Å². The number of rotatable bonds is 4. The zero-order valence-corrected chi connectivity index (χ0v) is 13.7. The fourth-order valence-electron chi connectivity index (χ4n) is 2.99. The molecule has 2 heteroatoms. The van der Waals surface area contributed by atoms with E-state index < -0.39 is 0 Å². The highest BCUT2D eigenvalue weighted by atomic mass is 15.1. The molecule has 0 bridgehead atoms. The van der Waals surface area contributed by atoms with Crippen molar-refractivity contribution in [3.8, 4) is 0 Å². The van der Waals surface area contributed by atoms with E-state index in [0.29, 0.717) is 6.04 Å². The second-order valence-corrected chi connectivity index (χ2v) is 6.85. The third-order valence-electron chi connectivity index (χ3n) is 4.65. The van der Waals surface area contributed by atoms with Crippen molar-refractivity contribution in [2.24, 2.45) is 11.8 Å². The quantitative estimate of drug-likeness (QED) is 0.893. The Kier molecular flexibility index (Phi) is 5.09. The SMILES string of the molecule is Cc1cc(CNC(C)C)ccc1N1CCC(C)C(C)C1. The molecule has 0 aliphatic carbocycles. The first kappa shape index (κ1) is 15.4. The van der Waals surface area contributed by atoms with Gasteiger partial charge in [-0.2, -0.15) is 0 Å². The summed E-state index contributed by atoms with van der Waals surface area (Å²) in [6, 6.07) is 7.47. The van der Waals surface area contributed by atoms with Gasteiger partial charge in [-0.25, -0.2) is 0 Å². The standard InChI is InChI=1S/C18H30N2/c1-13(2)19-11-17-6-7-18(15(4)10-17)20-9-8-14(3)16(5)12-20/h6-7,10,13-14,16,19H,8-9,11-12H2,1-5H3. The molecule has 1 heterocycles. The summed E-state index contributed by atoms with van der Waals surface area (Å²) in [6.07, 6.45) is 1.32. The Labute approximate surface area is 124 Å². The zero-order chi connectivity index (χ0) is 14.7. The first-order valence-electron chi connectivity index (χ1n) is 8.05. The highest BCUT2D eigenvalue weighted by molar-refractivity contribution is 5.54. The van der Waals surface area contributed by atoms with Gasteiger partial charge in [0.25, 0.3) is 0 Å². The molecule has 112 valence electrons. The monoisotopic (exact) mass is 274 g/mol. The van der Waals surface area contributed by atoms with Crippen LogP contribution in [-0.2, 0) is 6.54 Å². The maximum Gasteiger partial charge on any atom is 0.0396 e. The molecule has 0 saturated carbocycles. The second kappa shape index (κ2) is 6.62. The molecule has 1 aliphatic rings. The number of hydrogen-bond donors (Lipinski definition) is 1. The molecule has 1 saturated heterocycles. The molecule has 0 aromatic heterocycles. The van der Waals surface area contributed by atoms with Gasteiger partial charge in [0.2, 0.25) is 0 Å². The van der Waals surface area contributed by atoms with E-state index >= 15 is 0 Å². The molecule has 1 aromatic carbocycles. The molecular formula is C18H30N2. The van der Waals surface area contributed by atoms with Gasteiger partial charge in [-0.3, -0.25) is 0 Å². The Morgan fingerprint density at radius 2 is 2.00 bits per heavy atom. The van der Waals surface area contributed by atoms with Gasteiger partial charge in [0.05, 0.1) is 0 Å². The summed E-state index contributed by atoms with van der Waals surface area (Å²) in [5.74, 6) is 1.66. The molecule has 2 unspecified atom stereocenters. The van der Waals surface area contributed by atoms with Gasteiger partial charge < -0.3 is 10.2 Å². The molecule has 0 spiro atoms. The minimum Gasteiger partial charge on any atom is -0.371 e. The third-order valence-corrected chi connectivity index (χ3v) is 4.65. The van der Waals surface area contributed by atoms with E-state index in [4.69, 9.17) is 0 Å². The number of piperidine rings is 1. The molecule has 20 heavy (non-hydrogen) atoms. The van der Waals surface area contributed by atoms with Gasteiger partial charge in [0.15, 0.2) is 0 Å². The van der Waals surface area contributed by atoms with Crippen molar-refractivity contribution in [2.45, 2.75) is 53.6 Å². The van der Waals surface area contributed by atoms with Gasteiger partial charge in [-0.15, -0.1) is 0 Å². The Balaban J connectivity index is 2.06. The smallest absolute Gasteiger partial charge is 0.0396 e. The Morgan fingerprint density at radius 1 is 1.25 bits per heavy atom. The molecule has 1 aromatic rings. The highest BCUT2D eigenvalue weighted by Crippen LogP contribution is 2.29. The lowest BCUT2D eigenvalue weighted by molar-refractivity contribution is 0.323. The molecule has 1 N–H and O–H groups in total.